The third-order valence-electron chi connectivity index (χ3n) is 5.81. The zero-order valence-corrected chi connectivity index (χ0v) is 19.3. The Balaban J connectivity index is 1.50. The molecule has 0 bridgehead atoms. The summed E-state index contributed by atoms with van der Waals surface area (Å²) < 4.78 is 6.54. The minimum Gasteiger partial charge on any atom is -0.451 e. The molecule has 5 nitrogen and oxygen atoms in total. The number of benzene rings is 2. The van der Waals surface area contributed by atoms with E-state index < -0.39 is 0 Å². The number of carbonyl (C=O) groups excluding carboxylic acids is 1. The number of amides is 1. The molecule has 0 fully saturated rings. The topological polar surface area (TPSA) is 57.8 Å². The van der Waals surface area contributed by atoms with Crippen LogP contribution in [0, 0.1) is 0 Å². The van der Waals surface area contributed by atoms with Crippen molar-refractivity contribution in [3.63, 3.8) is 0 Å². The summed E-state index contributed by atoms with van der Waals surface area (Å²) in [6, 6.07) is 13.7. The molecule has 0 saturated carbocycles. The maximum Gasteiger partial charge on any atom is 0.307 e. The average molecular weight is 468 g/mol. The molecule has 2 heterocycles. The van der Waals surface area contributed by atoms with E-state index in [0.717, 1.165) is 28.4 Å². The molecule has 0 saturated heterocycles. The summed E-state index contributed by atoms with van der Waals surface area (Å²) in [4.78, 5) is 14.9. The standard InChI is InChI=1S/C24H26BrN3O2/c1-5-28-20-8-6-16(10-19(20)15(2)13-24(28,3)4)14-26-27-23(29)22-12-17-11-18(25)7-9-21(17)30-22/h6-12,14-15H,5,13H2,1-4H3,(H,27,29)/b26-14-. The van der Waals surface area contributed by atoms with Crippen LogP contribution in [-0.4, -0.2) is 24.2 Å². The summed E-state index contributed by atoms with van der Waals surface area (Å²) >= 11 is 3.42. The second kappa shape index (κ2) is 7.91. The summed E-state index contributed by atoms with van der Waals surface area (Å²) in [5.41, 5.74) is 6.95. The largest absolute Gasteiger partial charge is 0.451 e. The first-order valence-corrected chi connectivity index (χ1v) is 11.0. The Morgan fingerprint density at radius 3 is 2.87 bits per heavy atom. The van der Waals surface area contributed by atoms with Gasteiger partial charge < -0.3 is 9.32 Å². The fourth-order valence-corrected chi connectivity index (χ4v) is 4.91. The number of fused-ring (bicyclic) bond motifs is 2. The molecule has 6 heteroatoms. The van der Waals surface area contributed by atoms with Gasteiger partial charge in [-0.3, -0.25) is 4.79 Å². The summed E-state index contributed by atoms with van der Waals surface area (Å²) in [5.74, 6) is 0.333. The highest BCUT2D eigenvalue weighted by Gasteiger charge is 2.35. The third kappa shape index (κ3) is 3.88. The monoisotopic (exact) mass is 467 g/mol. The van der Waals surface area contributed by atoms with E-state index in [4.69, 9.17) is 4.42 Å². The number of anilines is 1. The van der Waals surface area contributed by atoms with Crippen molar-refractivity contribution in [3.8, 4) is 0 Å². The summed E-state index contributed by atoms with van der Waals surface area (Å²) in [5, 5.41) is 5.01. The Labute approximate surface area is 185 Å². The number of hydrogen-bond acceptors (Lipinski definition) is 4. The molecule has 1 aromatic heterocycles. The second-order valence-corrected chi connectivity index (χ2v) is 9.39. The van der Waals surface area contributed by atoms with Crippen LogP contribution in [-0.2, 0) is 0 Å². The van der Waals surface area contributed by atoms with Crippen molar-refractivity contribution >= 4 is 44.7 Å². The highest BCUT2D eigenvalue weighted by molar-refractivity contribution is 9.10. The second-order valence-electron chi connectivity index (χ2n) is 8.47. The summed E-state index contributed by atoms with van der Waals surface area (Å²) in [6.07, 6.45) is 2.79. The smallest absolute Gasteiger partial charge is 0.307 e. The number of nitrogens with one attached hydrogen (secondary N) is 1. The van der Waals surface area contributed by atoms with Crippen molar-refractivity contribution in [2.75, 3.05) is 11.4 Å². The maximum atomic E-state index is 12.4. The minimum atomic E-state index is -0.371. The lowest BCUT2D eigenvalue weighted by molar-refractivity contribution is 0.0929. The molecule has 4 rings (SSSR count). The number of hydrogen-bond donors (Lipinski definition) is 1. The lowest BCUT2D eigenvalue weighted by Gasteiger charge is -2.47. The van der Waals surface area contributed by atoms with Crippen molar-refractivity contribution in [2.24, 2.45) is 5.10 Å². The van der Waals surface area contributed by atoms with Crippen LogP contribution in [0.5, 0.6) is 0 Å². The van der Waals surface area contributed by atoms with Crippen LogP contribution in [0.3, 0.4) is 0 Å². The van der Waals surface area contributed by atoms with Crippen LogP contribution in [0.4, 0.5) is 5.69 Å². The maximum absolute atomic E-state index is 12.4. The van der Waals surface area contributed by atoms with E-state index in [0.29, 0.717) is 11.5 Å². The lowest BCUT2D eigenvalue weighted by Crippen LogP contribution is -2.48. The molecule has 1 unspecified atom stereocenters. The molecular weight excluding hydrogens is 442 g/mol. The van der Waals surface area contributed by atoms with Crippen molar-refractivity contribution < 1.29 is 9.21 Å². The van der Waals surface area contributed by atoms with Crippen molar-refractivity contribution in [3.05, 3.63) is 63.8 Å². The van der Waals surface area contributed by atoms with Crippen LogP contribution in [0.15, 0.2) is 56.5 Å². The van der Waals surface area contributed by atoms with Gasteiger partial charge in [-0.25, -0.2) is 5.43 Å². The fourth-order valence-electron chi connectivity index (χ4n) is 4.53. The number of furan rings is 1. The van der Waals surface area contributed by atoms with Crippen LogP contribution in [0.25, 0.3) is 11.0 Å². The van der Waals surface area contributed by atoms with Crippen molar-refractivity contribution in [1.29, 1.82) is 0 Å². The molecule has 156 valence electrons. The Bertz CT molecular complexity index is 1130. The highest BCUT2D eigenvalue weighted by atomic mass is 79.9. The van der Waals surface area contributed by atoms with Gasteiger partial charge in [0.1, 0.15) is 5.58 Å². The molecule has 1 aliphatic rings. The molecule has 1 atom stereocenters. The Hall–Kier alpha value is -2.60. The SMILES string of the molecule is CCN1c2ccc(/C=N\NC(=O)c3cc4cc(Br)ccc4o3)cc2C(C)CC1(C)C. The number of rotatable bonds is 4. The fraction of sp³-hybridized carbons (Fsp3) is 0.333. The van der Waals surface area contributed by atoms with E-state index in [-0.39, 0.29) is 17.2 Å². The quantitative estimate of drug-likeness (QED) is 0.374. The molecule has 0 aliphatic carbocycles. The van der Waals surface area contributed by atoms with E-state index >= 15 is 0 Å². The van der Waals surface area contributed by atoms with Gasteiger partial charge in [-0.2, -0.15) is 5.10 Å². The molecule has 1 aliphatic heterocycles. The van der Waals surface area contributed by atoms with E-state index in [9.17, 15) is 4.79 Å². The molecular formula is C24H26BrN3O2. The average Bonchev–Trinajstić information content (AvgIpc) is 3.11. The van der Waals surface area contributed by atoms with E-state index in [1.54, 1.807) is 12.3 Å². The molecule has 2 aromatic carbocycles. The van der Waals surface area contributed by atoms with E-state index in [1.807, 2.05) is 24.3 Å². The Morgan fingerprint density at radius 2 is 2.10 bits per heavy atom. The van der Waals surface area contributed by atoms with Gasteiger partial charge in [0.15, 0.2) is 5.76 Å². The third-order valence-corrected chi connectivity index (χ3v) is 6.30. The van der Waals surface area contributed by atoms with Gasteiger partial charge in [-0.15, -0.1) is 0 Å². The Kier molecular flexibility index (Phi) is 5.45. The first-order chi connectivity index (χ1) is 14.3. The predicted molar refractivity (Wildman–Crippen MR) is 126 cm³/mol. The molecule has 0 spiro atoms. The van der Waals surface area contributed by atoms with Crippen molar-refractivity contribution in [2.45, 2.75) is 45.6 Å². The number of nitrogens with zero attached hydrogens (tertiary/aromatic N) is 2. The van der Waals surface area contributed by atoms with E-state index in [2.05, 4.69) is 71.2 Å². The summed E-state index contributed by atoms with van der Waals surface area (Å²) in [7, 11) is 0. The molecule has 1 N–H and O–H groups in total. The lowest BCUT2D eigenvalue weighted by atomic mass is 9.79. The van der Waals surface area contributed by atoms with E-state index in [1.165, 1.54) is 11.3 Å². The van der Waals surface area contributed by atoms with Gasteiger partial charge in [-0.05, 0) is 80.6 Å². The molecule has 0 radical (unpaired) electrons. The van der Waals surface area contributed by atoms with Crippen molar-refractivity contribution in [1.82, 2.24) is 5.43 Å². The number of hydrazone groups is 1. The van der Waals surface area contributed by atoms with Crippen LogP contribution >= 0.6 is 15.9 Å². The van der Waals surface area contributed by atoms with Crippen LogP contribution < -0.4 is 10.3 Å². The Morgan fingerprint density at radius 1 is 1.30 bits per heavy atom. The van der Waals surface area contributed by atoms with Gasteiger partial charge in [0.05, 0.1) is 6.21 Å². The highest BCUT2D eigenvalue weighted by Crippen LogP contribution is 2.43. The normalized spacial score (nSPS) is 18.0. The number of carbonyl (C=O) groups is 1. The van der Waals surface area contributed by atoms with Crippen LogP contribution in [0.2, 0.25) is 0 Å². The van der Waals surface area contributed by atoms with Gasteiger partial charge in [0.2, 0.25) is 0 Å². The molecule has 3 aromatic rings. The summed E-state index contributed by atoms with van der Waals surface area (Å²) in [6.45, 7) is 10.1. The number of halogens is 1. The predicted octanol–water partition coefficient (Wildman–Crippen LogP) is 6.07. The van der Waals surface area contributed by atoms with Gasteiger partial charge in [-0.1, -0.05) is 28.9 Å². The molecule has 1 amide bonds. The van der Waals surface area contributed by atoms with Gasteiger partial charge in [0, 0.05) is 27.6 Å². The minimum absolute atomic E-state index is 0.146. The first-order valence-electron chi connectivity index (χ1n) is 10.2. The molecule has 30 heavy (non-hydrogen) atoms. The van der Waals surface area contributed by atoms with Crippen LogP contribution in [0.1, 0.15) is 61.7 Å². The zero-order valence-electron chi connectivity index (χ0n) is 17.7. The zero-order chi connectivity index (χ0) is 21.5. The van der Waals surface area contributed by atoms with Gasteiger partial charge >= 0.3 is 5.91 Å². The first kappa shape index (κ1) is 20.7. The van der Waals surface area contributed by atoms with Gasteiger partial charge in [0.25, 0.3) is 0 Å².